The molecule has 1 fully saturated rings. The summed E-state index contributed by atoms with van der Waals surface area (Å²) >= 11 is 0. The van der Waals surface area contributed by atoms with Gasteiger partial charge in [0.05, 0.1) is 22.6 Å². The lowest BCUT2D eigenvalue weighted by Gasteiger charge is -2.35. The average molecular weight is 361 g/mol. The fraction of sp³-hybridized carbons (Fsp3) is 0.444. The van der Waals surface area contributed by atoms with E-state index in [4.69, 9.17) is 4.74 Å². The maximum atomic E-state index is 15.2. The SMILES string of the molecule is C[C@H]1COc2c(F)c(N3CCN(C)CC3)cc3c(=O)c(C(=O)O)cn1c23. The van der Waals surface area contributed by atoms with Crippen LogP contribution in [0, 0.1) is 5.82 Å². The zero-order valence-corrected chi connectivity index (χ0v) is 14.7. The topological polar surface area (TPSA) is 75.0 Å². The van der Waals surface area contributed by atoms with E-state index in [1.54, 1.807) is 4.57 Å². The molecule has 0 saturated carbocycles. The quantitative estimate of drug-likeness (QED) is 0.875. The summed E-state index contributed by atoms with van der Waals surface area (Å²) in [5.74, 6) is -1.75. The van der Waals surface area contributed by atoms with Crippen LogP contribution in [0.15, 0.2) is 17.1 Å². The molecule has 8 heteroatoms. The largest absolute Gasteiger partial charge is 0.486 e. The van der Waals surface area contributed by atoms with Gasteiger partial charge in [0.1, 0.15) is 12.2 Å². The van der Waals surface area contributed by atoms with Gasteiger partial charge in [-0.2, -0.15) is 0 Å². The van der Waals surface area contributed by atoms with E-state index >= 15 is 4.39 Å². The molecule has 0 amide bonds. The first kappa shape index (κ1) is 16.8. The summed E-state index contributed by atoms with van der Waals surface area (Å²) in [5.41, 5.74) is -0.304. The molecule has 26 heavy (non-hydrogen) atoms. The van der Waals surface area contributed by atoms with Crippen LogP contribution in [0.2, 0.25) is 0 Å². The molecule has 0 unspecified atom stereocenters. The fourth-order valence-electron chi connectivity index (χ4n) is 3.64. The number of anilines is 1. The number of carboxylic acids is 1. The third-order valence-electron chi connectivity index (χ3n) is 5.21. The first-order valence-corrected chi connectivity index (χ1v) is 8.59. The summed E-state index contributed by atoms with van der Waals surface area (Å²) < 4.78 is 22.5. The number of likely N-dealkylation sites (N-methyl/N-ethyl adjacent to an activating group) is 1. The van der Waals surface area contributed by atoms with E-state index in [-0.39, 0.29) is 29.3 Å². The van der Waals surface area contributed by atoms with E-state index < -0.39 is 17.2 Å². The van der Waals surface area contributed by atoms with Gasteiger partial charge in [-0.3, -0.25) is 4.79 Å². The van der Waals surface area contributed by atoms with Crippen molar-refractivity contribution in [3.63, 3.8) is 0 Å². The van der Waals surface area contributed by atoms with Gasteiger partial charge in [-0.15, -0.1) is 0 Å². The van der Waals surface area contributed by atoms with Gasteiger partial charge in [0.15, 0.2) is 11.6 Å². The van der Waals surface area contributed by atoms with E-state index in [0.29, 0.717) is 24.3 Å². The lowest BCUT2D eigenvalue weighted by atomic mass is 10.1. The van der Waals surface area contributed by atoms with Gasteiger partial charge in [-0.25, -0.2) is 9.18 Å². The van der Waals surface area contributed by atoms with Crippen LogP contribution < -0.4 is 15.1 Å². The molecular formula is C18H20FN3O4. The molecule has 2 aromatic rings. The summed E-state index contributed by atoms with van der Waals surface area (Å²) in [6, 6.07) is 1.28. The van der Waals surface area contributed by atoms with Gasteiger partial charge in [0, 0.05) is 32.4 Å². The number of ether oxygens (including phenoxy) is 1. The van der Waals surface area contributed by atoms with Gasteiger partial charge in [-0.1, -0.05) is 0 Å². The lowest BCUT2D eigenvalue weighted by Crippen LogP contribution is -2.45. The maximum absolute atomic E-state index is 15.2. The zero-order valence-electron chi connectivity index (χ0n) is 14.7. The van der Waals surface area contributed by atoms with Crippen LogP contribution in [0.3, 0.4) is 0 Å². The fourth-order valence-corrected chi connectivity index (χ4v) is 3.64. The van der Waals surface area contributed by atoms with E-state index in [2.05, 4.69) is 4.90 Å². The number of carboxylic acid groups (broad SMARTS) is 1. The summed E-state index contributed by atoms with van der Waals surface area (Å²) in [6.45, 7) is 4.87. The van der Waals surface area contributed by atoms with E-state index in [9.17, 15) is 14.7 Å². The normalized spacial score (nSPS) is 20.3. The lowest BCUT2D eigenvalue weighted by molar-refractivity contribution is 0.0694. The van der Waals surface area contributed by atoms with Gasteiger partial charge >= 0.3 is 5.97 Å². The van der Waals surface area contributed by atoms with Crippen molar-refractivity contribution < 1.29 is 19.0 Å². The first-order chi connectivity index (χ1) is 12.4. The second kappa shape index (κ2) is 5.98. The number of pyridine rings is 1. The van der Waals surface area contributed by atoms with Gasteiger partial charge in [-0.05, 0) is 20.0 Å². The van der Waals surface area contributed by atoms with Crippen molar-refractivity contribution in [1.82, 2.24) is 9.47 Å². The molecule has 0 radical (unpaired) electrons. The molecule has 2 aliphatic heterocycles. The Hall–Kier alpha value is -2.61. The van der Waals surface area contributed by atoms with Crippen molar-refractivity contribution in [1.29, 1.82) is 0 Å². The molecule has 4 rings (SSSR count). The van der Waals surface area contributed by atoms with Crippen molar-refractivity contribution in [2.24, 2.45) is 0 Å². The van der Waals surface area contributed by atoms with Gasteiger partial charge in [0.2, 0.25) is 5.43 Å². The minimum Gasteiger partial charge on any atom is -0.486 e. The molecule has 0 spiro atoms. The van der Waals surface area contributed by atoms with Crippen LogP contribution in [-0.4, -0.2) is 60.4 Å². The number of aromatic nitrogens is 1. The third kappa shape index (κ3) is 2.44. The Morgan fingerprint density at radius 2 is 2.00 bits per heavy atom. The van der Waals surface area contributed by atoms with E-state index in [0.717, 1.165) is 13.1 Å². The van der Waals surface area contributed by atoms with Crippen LogP contribution >= 0.6 is 0 Å². The van der Waals surface area contributed by atoms with Crippen LogP contribution in [-0.2, 0) is 0 Å². The number of benzene rings is 1. The molecule has 1 atom stereocenters. The Morgan fingerprint density at radius 3 is 2.65 bits per heavy atom. The van der Waals surface area contributed by atoms with Crippen molar-refractivity contribution in [3.8, 4) is 5.75 Å². The molecule has 1 aromatic heterocycles. The molecule has 3 heterocycles. The number of hydrogen-bond acceptors (Lipinski definition) is 5. The van der Waals surface area contributed by atoms with Crippen LogP contribution in [0.1, 0.15) is 23.3 Å². The Balaban J connectivity index is 2.00. The van der Waals surface area contributed by atoms with Gasteiger partial charge in [0.25, 0.3) is 0 Å². The van der Waals surface area contributed by atoms with Crippen LogP contribution in [0.25, 0.3) is 10.9 Å². The highest BCUT2D eigenvalue weighted by Gasteiger charge is 2.30. The third-order valence-corrected chi connectivity index (χ3v) is 5.21. The molecule has 1 saturated heterocycles. The zero-order chi connectivity index (χ0) is 18.6. The number of piperazine rings is 1. The summed E-state index contributed by atoms with van der Waals surface area (Å²) in [5, 5.41) is 9.57. The molecular weight excluding hydrogens is 341 g/mol. The van der Waals surface area contributed by atoms with Crippen molar-refractivity contribution >= 4 is 22.6 Å². The van der Waals surface area contributed by atoms with Crippen LogP contribution in [0.5, 0.6) is 5.75 Å². The Bertz CT molecular complexity index is 963. The highest BCUT2D eigenvalue weighted by atomic mass is 19.1. The summed E-state index contributed by atoms with van der Waals surface area (Å²) in [4.78, 5) is 28.2. The van der Waals surface area contributed by atoms with E-state index in [1.807, 2.05) is 18.9 Å². The second-order valence-electron chi connectivity index (χ2n) is 6.97. The number of aromatic carboxylic acids is 1. The molecule has 1 N–H and O–H groups in total. The highest BCUT2D eigenvalue weighted by molar-refractivity contribution is 5.96. The molecule has 138 valence electrons. The highest BCUT2D eigenvalue weighted by Crippen LogP contribution is 2.39. The minimum atomic E-state index is -1.29. The molecule has 0 aliphatic carbocycles. The smallest absolute Gasteiger partial charge is 0.341 e. The molecule has 1 aromatic carbocycles. The minimum absolute atomic E-state index is 0.0311. The maximum Gasteiger partial charge on any atom is 0.341 e. The van der Waals surface area contributed by atoms with Crippen molar-refractivity contribution in [3.05, 3.63) is 33.9 Å². The Labute approximate surface area is 149 Å². The van der Waals surface area contributed by atoms with Gasteiger partial charge < -0.3 is 24.2 Å². The number of carbonyl (C=O) groups is 1. The molecule has 0 bridgehead atoms. The number of nitrogens with zero attached hydrogens (tertiary/aromatic N) is 3. The Kier molecular flexibility index (Phi) is 3.87. The average Bonchev–Trinajstić information content (AvgIpc) is 2.61. The predicted octanol–water partition coefficient (Wildman–Crippen LogP) is 1.54. The number of halogens is 1. The standard InChI is InChI=1S/C18H20FN3O4/c1-10-9-26-17-14(19)13(21-5-3-20(2)4-6-21)7-11-15(17)22(10)8-12(16(11)23)18(24)25/h7-8,10H,3-6,9H2,1-2H3,(H,24,25)/t10-/m0/s1. The summed E-state index contributed by atoms with van der Waals surface area (Å²) in [6.07, 6.45) is 1.29. The Morgan fingerprint density at radius 1 is 1.31 bits per heavy atom. The van der Waals surface area contributed by atoms with Crippen LogP contribution in [0.4, 0.5) is 10.1 Å². The molecule has 7 nitrogen and oxygen atoms in total. The number of hydrogen-bond donors (Lipinski definition) is 1. The second-order valence-corrected chi connectivity index (χ2v) is 6.97. The first-order valence-electron chi connectivity index (χ1n) is 8.59. The van der Waals surface area contributed by atoms with Crippen molar-refractivity contribution in [2.75, 3.05) is 44.7 Å². The predicted molar refractivity (Wildman–Crippen MR) is 95.0 cm³/mol. The number of rotatable bonds is 2. The molecule has 2 aliphatic rings. The van der Waals surface area contributed by atoms with Crippen molar-refractivity contribution in [2.45, 2.75) is 13.0 Å². The summed E-state index contributed by atoms with van der Waals surface area (Å²) in [7, 11) is 2.00. The monoisotopic (exact) mass is 361 g/mol. The van der Waals surface area contributed by atoms with E-state index in [1.165, 1.54) is 12.3 Å².